The zero-order chi connectivity index (χ0) is 19.4. The Morgan fingerprint density at radius 3 is 2.52 bits per heavy atom. The second kappa shape index (κ2) is 8.63. The Balaban J connectivity index is 1.89. The standard InChI is InChI=1S/C22H27N3OS/c1-16-13-17(2)21-19(14-16)27-22(23-21)25(12-8-11-24(3)4)20(26)15-18-9-6-5-7-10-18/h5-7,9-10,13-14H,8,11-12,15H2,1-4H3. The fourth-order valence-corrected chi connectivity index (χ4v) is 4.40. The molecule has 1 aromatic heterocycles. The summed E-state index contributed by atoms with van der Waals surface area (Å²) in [5.74, 6) is 0.105. The highest BCUT2D eigenvalue weighted by Crippen LogP contribution is 2.32. The van der Waals surface area contributed by atoms with Crippen LogP contribution in [0, 0.1) is 13.8 Å². The van der Waals surface area contributed by atoms with Gasteiger partial charge in [-0.05, 0) is 63.7 Å². The molecule has 2 aromatic carbocycles. The Hall–Kier alpha value is -2.24. The Morgan fingerprint density at radius 1 is 1.07 bits per heavy atom. The van der Waals surface area contributed by atoms with E-state index >= 15 is 0 Å². The lowest BCUT2D eigenvalue weighted by Crippen LogP contribution is -2.34. The SMILES string of the molecule is Cc1cc(C)c2nc(N(CCCN(C)C)C(=O)Cc3ccccc3)sc2c1. The number of anilines is 1. The van der Waals surface area contributed by atoms with Crippen molar-refractivity contribution in [1.29, 1.82) is 0 Å². The highest BCUT2D eigenvalue weighted by Gasteiger charge is 2.20. The van der Waals surface area contributed by atoms with Crippen LogP contribution in [-0.2, 0) is 11.2 Å². The van der Waals surface area contributed by atoms with Gasteiger partial charge in [-0.15, -0.1) is 0 Å². The van der Waals surface area contributed by atoms with Crippen molar-refractivity contribution in [1.82, 2.24) is 9.88 Å². The molecule has 4 nitrogen and oxygen atoms in total. The normalized spacial score (nSPS) is 11.3. The van der Waals surface area contributed by atoms with Gasteiger partial charge in [0.15, 0.2) is 5.13 Å². The second-order valence-corrected chi connectivity index (χ2v) is 8.30. The first kappa shape index (κ1) is 19.5. The number of rotatable bonds is 7. The van der Waals surface area contributed by atoms with Gasteiger partial charge in [0.05, 0.1) is 16.6 Å². The molecule has 0 spiro atoms. The van der Waals surface area contributed by atoms with Crippen molar-refractivity contribution in [2.45, 2.75) is 26.7 Å². The summed E-state index contributed by atoms with van der Waals surface area (Å²) in [6, 6.07) is 14.2. The summed E-state index contributed by atoms with van der Waals surface area (Å²) in [6.45, 7) is 5.81. The molecule has 3 rings (SSSR count). The van der Waals surface area contributed by atoms with Gasteiger partial charge in [0.2, 0.25) is 5.91 Å². The fourth-order valence-electron chi connectivity index (χ4n) is 3.21. The van der Waals surface area contributed by atoms with Crippen LogP contribution in [0.25, 0.3) is 10.2 Å². The highest BCUT2D eigenvalue weighted by molar-refractivity contribution is 7.22. The predicted molar refractivity (Wildman–Crippen MR) is 115 cm³/mol. The molecule has 0 aliphatic carbocycles. The smallest absolute Gasteiger partial charge is 0.233 e. The molecule has 0 atom stereocenters. The summed E-state index contributed by atoms with van der Waals surface area (Å²) in [5, 5.41) is 0.804. The van der Waals surface area contributed by atoms with Crippen LogP contribution in [0.15, 0.2) is 42.5 Å². The Morgan fingerprint density at radius 2 is 1.81 bits per heavy atom. The lowest BCUT2D eigenvalue weighted by atomic mass is 10.1. The zero-order valence-corrected chi connectivity index (χ0v) is 17.3. The molecule has 142 valence electrons. The first-order valence-corrected chi connectivity index (χ1v) is 10.1. The van der Waals surface area contributed by atoms with E-state index in [1.165, 1.54) is 5.56 Å². The number of aryl methyl sites for hydroxylation is 2. The van der Waals surface area contributed by atoms with Gasteiger partial charge >= 0.3 is 0 Å². The number of benzene rings is 2. The number of carbonyl (C=O) groups is 1. The number of amides is 1. The minimum Gasteiger partial charge on any atom is -0.309 e. The van der Waals surface area contributed by atoms with Crippen molar-refractivity contribution in [3.63, 3.8) is 0 Å². The van der Waals surface area contributed by atoms with Crippen LogP contribution in [0.4, 0.5) is 5.13 Å². The minimum atomic E-state index is 0.105. The van der Waals surface area contributed by atoms with Crippen molar-refractivity contribution in [3.05, 3.63) is 59.2 Å². The van der Waals surface area contributed by atoms with E-state index in [0.717, 1.165) is 39.4 Å². The van der Waals surface area contributed by atoms with Gasteiger partial charge < -0.3 is 4.90 Å². The lowest BCUT2D eigenvalue weighted by Gasteiger charge is -2.21. The molecular formula is C22H27N3OS. The van der Waals surface area contributed by atoms with Crippen LogP contribution in [-0.4, -0.2) is 43.0 Å². The average molecular weight is 382 g/mol. The van der Waals surface area contributed by atoms with Gasteiger partial charge in [0.1, 0.15) is 0 Å². The van der Waals surface area contributed by atoms with Crippen LogP contribution in [0.5, 0.6) is 0 Å². The van der Waals surface area contributed by atoms with Crippen LogP contribution in [0.2, 0.25) is 0 Å². The molecule has 0 unspecified atom stereocenters. The maximum atomic E-state index is 13.1. The molecule has 27 heavy (non-hydrogen) atoms. The van der Waals surface area contributed by atoms with Gasteiger partial charge in [0, 0.05) is 6.54 Å². The first-order valence-electron chi connectivity index (χ1n) is 9.31. The monoisotopic (exact) mass is 381 g/mol. The van der Waals surface area contributed by atoms with E-state index in [2.05, 4.69) is 45.0 Å². The Bertz CT molecular complexity index is 918. The van der Waals surface area contributed by atoms with Gasteiger partial charge in [-0.2, -0.15) is 0 Å². The molecule has 0 bridgehead atoms. The van der Waals surface area contributed by atoms with E-state index in [-0.39, 0.29) is 5.91 Å². The third-order valence-electron chi connectivity index (χ3n) is 4.54. The molecule has 0 fully saturated rings. The van der Waals surface area contributed by atoms with E-state index in [1.807, 2.05) is 35.2 Å². The summed E-state index contributed by atoms with van der Waals surface area (Å²) in [7, 11) is 4.11. The summed E-state index contributed by atoms with van der Waals surface area (Å²) in [4.78, 5) is 21.9. The summed E-state index contributed by atoms with van der Waals surface area (Å²) < 4.78 is 1.15. The van der Waals surface area contributed by atoms with E-state index in [0.29, 0.717) is 13.0 Å². The number of carbonyl (C=O) groups excluding carboxylic acids is 1. The van der Waals surface area contributed by atoms with Crippen molar-refractivity contribution in [2.75, 3.05) is 32.1 Å². The molecule has 5 heteroatoms. The third kappa shape index (κ3) is 4.93. The van der Waals surface area contributed by atoms with E-state index in [4.69, 9.17) is 4.98 Å². The number of hydrogen-bond acceptors (Lipinski definition) is 4. The van der Waals surface area contributed by atoms with Crippen LogP contribution in [0.3, 0.4) is 0 Å². The van der Waals surface area contributed by atoms with Crippen molar-refractivity contribution in [2.24, 2.45) is 0 Å². The molecule has 3 aromatic rings. The van der Waals surface area contributed by atoms with Gasteiger partial charge in [-0.3, -0.25) is 9.69 Å². The van der Waals surface area contributed by atoms with Crippen LogP contribution in [0.1, 0.15) is 23.1 Å². The molecule has 1 amide bonds. The summed E-state index contributed by atoms with van der Waals surface area (Å²) in [5.41, 5.74) is 4.43. The lowest BCUT2D eigenvalue weighted by molar-refractivity contribution is -0.118. The summed E-state index contributed by atoms with van der Waals surface area (Å²) >= 11 is 1.61. The predicted octanol–water partition coefficient (Wildman–Crippen LogP) is 4.44. The number of hydrogen-bond donors (Lipinski definition) is 0. The van der Waals surface area contributed by atoms with Gasteiger partial charge in [-0.25, -0.2) is 4.98 Å². The van der Waals surface area contributed by atoms with Crippen LogP contribution >= 0.6 is 11.3 Å². The first-order chi connectivity index (χ1) is 12.9. The molecular weight excluding hydrogens is 354 g/mol. The van der Waals surface area contributed by atoms with Crippen molar-refractivity contribution >= 4 is 32.6 Å². The van der Waals surface area contributed by atoms with E-state index in [9.17, 15) is 4.79 Å². The molecule has 0 aliphatic rings. The van der Waals surface area contributed by atoms with Gasteiger partial charge in [0.25, 0.3) is 0 Å². The van der Waals surface area contributed by atoms with Crippen LogP contribution < -0.4 is 4.90 Å². The maximum Gasteiger partial charge on any atom is 0.233 e. The van der Waals surface area contributed by atoms with Crippen molar-refractivity contribution in [3.8, 4) is 0 Å². The number of fused-ring (bicyclic) bond motifs is 1. The Kier molecular flexibility index (Phi) is 6.24. The Labute approximate surface area is 165 Å². The topological polar surface area (TPSA) is 36.4 Å². The zero-order valence-electron chi connectivity index (χ0n) is 16.5. The van der Waals surface area contributed by atoms with Crippen molar-refractivity contribution < 1.29 is 4.79 Å². The summed E-state index contributed by atoms with van der Waals surface area (Å²) in [6.07, 6.45) is 1.32. The highest BCUT2D eigenvalue weighted by atomic mass is 32.1. The molecule has 0 saturated heterocycles. The molecule has 1 heterocycles. The average Bonchev–Trinajstić information content (AvgIpc) is 3.03. The number of thiazole rings is 1. The van der Waals surface area contributed by atoms with Gasteiger partial charge in [-0.1, -0.05) is 47.7 Å². The van der Waals surface area contributed by atoms with E-state index in [1.54, 1.807) is 11.3 Å². The van der Waals surface area contributed by atoms with E-state index < -0.39 is 0 Å². The second-order valence-electron chi connectivity index (χ2n) is 7.29. The number of nitrogens with zero attached hydrogens (tertiary/aromatic N) is 3. The fraction of sp³-hybridized carbons (Fsp3) is 0.364. The molecule has 0 radical (unpaired) electrons. The molecule has 0 aliphatic heterocycles. The largest absolute Gasteiger partial charge is 0.309 e. The molecule has 0 saturated carbocycles. The maximum absolute atomic E-state index is 13.1. The number of aromatic nitrogens is 1. The third-order valence-corrected chi connectivity index (χ3v) is 5.56. The quantitative estimate of drug-likeness (QED) is 0.607. The minimum absolute atomic E-state index is 0.105. The molecule has 0 N–H and O–H groups in total.